The van der Waals surface area contributed by atoms with Crippen LogP contribution in [-0.4, -0.2) is 6.61 Å². The minimum absolute atomic E-state index is 0.133. The molecule has 2 rings (SSSR count). The van der Waals surface area contributed by atoms with Crippen molar-refractivity contribution >= 4 is 0 Å². The zero-order valence-corrected chi connectivity index (χ0v) is 10.2. The van der Waals surface area contributed by atoms with Gasteiger partial charge in [-0.2, -0.15) is 0 Å². The van der Waals surface area contributed by atoms with Crippen LogP contribution in [0.5, 0.6) is 5.75 Å². The standard InChI is InChI=1S/C14H21NO/c1-3-16-14-7-4-10(2)8-12(14)13(15)9-11-5-6-11/h4,7-8,11,13H,3,5-6,9,15H2,1-2H3. The first-order valence-electron chi connectivity index (χ1n) is 6.19. The van der Waals surface area contributed by atoms with Crippen molar-refractivity contribution in [3.63, 3.8) is 0 Å². The van der Waals surface area contributed by atoms with E-state index in [-0.39, 0.29) is 6.04 Å². The highest BCUT2D eigenvalue weighted by molar-refractivity contribution is 5.39. The Morgan fingerprint density at radius 3 is 2.81 bits per heavy atom. The fraction of sp³-hybridized carbons (Fsp3) is 0.571. The summed E-state index contributed by atoms with van der Waals surface area (Å²) in [5, 5.41) is 0. The van der Waals surface area contributed by atoms with Crippen molar-refractivity contribution in [3.8, 4) is 5.75 Å². The van der Waals surface area contributed by atoms with E-state index in [4.69, 9.17) is 10.5 Å². The van der Waals surface area contributed by atoms with Crippen molar-refractivity contribution in [2.24, 2.45) is 11.7 Å². The second-order valence-electron chi connectivity index (χ2n) is 4.76. The van der Waals surface area contributed by atoms with Crippen LogP contribution < -0.4 is 10.5 Å². The molecule has 0 saturated heterocycles. The van der Waals surface area contributed by atoms with Gasteiger partial charge in [-0.15, -0.1) is 0 Å². The molecule has 1 atom stereocenters. The summed E-state index contributed by atoms with van der Waals surface area (Å²) in [6, 6.07) is 6.42. The SMILES string of the molecule is CCOc1ccc(C)cc1C(N)CC1CC1. The average molecular weight is 219 g/mol. The Balaban J connectivity index is 2.17. The van der Waals surface area contributed by atoms with Gasteiger partial charge in [-0.05, 0) is 32.3 Å². The van der Waals surface area contributed by atoms with E-state index in [1.54, 1.807) is 0 Å². The molecule has 16 heavy (non-hydrogen) atoms. The number of hydrogen-bond donors (Lipinski definition) is 1. The minimum Gasteiger partial charge on any atom is -0.494 e. The molecule has 2 nitrogen and oxygen atoms in total. The molecule has 0 aromatic heterocycles. The summed E-state index contributed by atoms with van der Waals surface area (Å²) in [4.78, 5) is 0. The molecule has 1 aliphatic carbocycles. The van der Waals surface area contributed by atoms with E-state index in [9.17, 15) is 0 Å². The smallest absolute Gasteiger partial charge is 0.124 e. The van der Waals surface area contributed by atoms with Gasteiger partial charge in [-0.25, -0.2) is 0 Å². The van der Waals surface area contributed by atoms with Crippen LogP contribution in [0, 0.1) is 12.8 Å². The molecule has 0 bridgehead atoms. The van der Waals surface area contributed by atoms with E-state index in [1.165, 1.54) is 24.0 Å². The third-order valence-corrected chi connectivity index (χ3v) is 3.15. The predicted molar refractivity (Wildman–Crippen MR) is 66.6 cm³/mol. The maximum absolute atomic E-state index is 6.26. The van der Waals surface area contributed by atoms with E-state index >= 15 is 0 Å². The highest BCUT2D eigenvalue weighted by atomic mass is 16.5. The van der Waals surface area contributed by atoms with Crippen molar-refractivity contribution in [1.29, 1.82) is 0 Å². The zero-order chi connectivity index (χ0) is 11.5. The predicted octanol–water partition coefficient (Wildman–Crippen LogP) is 3.19. The first-order valence-corrected chi connectivity index (χ1v) is 6.19. The molecule has 1 aliphatic rings. The average Bonchev–Trinajstić information content (AvgIpc) is 3.05. The van der Waals surface area contributed by atoms with Crippen LogP contribution >= 0.6 is 0 Å². The Labute approximate surface area is 97.8 Å². The van der Waals surface area contributed by atoms with Gasteiger partial charge in [0.15, 0.2) is 0 Å². The van der Waals surface area contributed by atoms with Crippen LogP contribution in [0.4, 0.5) is 0 Å². The maximum Gasteiger partial charge on any atom is 0.124 e. The van der Waals surface area contributed by atoms with Gasteiger partial charge in [0.25, 0.3) is 0 Å². The van der Waals surface area contributed by atoms with Crippen LogP contribution in [0.15, 0.2) is 18.2 Å². The van der Waals surface area contributed by atoms with Crippen LogP contribution in [0.25, 0.3) is 0 Å². The zero-order valence-electron chi connectivity index (χ0n) is 10.2. The lowest BCUT2D eigenvalue weighted by molar-refractivity contribution is 0.333. The quantitative estimate of drug-likeness (QED) is 0.825. The summed E-state index contributed by atoms with van der Waals surface area (Å²) in [7, 11) is 0. The molecule has 1 aromatic rings. The molecule has 1 unspecified atom stereocenters. The molecular formula is C14H21NO. The molecule has 88 valence electrons. The van der Waals surface area contributed by atoms with Crippen molar-refractivity contribution in [2.45, 2.75) is 39.2 Å². The van der Waals surface area contributed by atoms with E-state index in [0.29, 0.717) is 6.61 Å². The fourth-order valence-corrected chi connectivity index (χ4v) is 2.08. The highest BCUT2D eigenvalue weighted by Gasteiger charge is 2.25. The monoisotopic (exact) mass is 219 g/mol. The lowest BCUT2D eigenvalue weighted by atomic mass is 9.99. The second-order valence-corrected chi connectivity index (χ2v) is 4.76. The molecule has 0 radical (unpaired) electrons. The van der Waals surface area contributed by atoms with Gasteiger partial charge in [0.1, 0.15) is 5.75 Å². The van der Waals surface area contributed by atoms with Gasteiger partial charge in [0.05, 0.1) is 6.61 Å². The third kappa shape index (κ3) is 2.76. The van der Waals surface area contributed by atoms with Crippen molar-refractivity contribution in [2.75, 3.05) is 6.61 Å². The van der Waals surface area contributed by atoms with Gasteiger partial charge < -0.3 is 10.5 Å². The molecule has 2 N–H and O–H groups in total. The summed E-state index contributed by atoms with van der Waals surface area (Å²) in [5.74, 6) is 1.81. The number of nitrogens with two attached hydrogens (primary N) is 1. The van der Waals surface area contributed by atoms with Crippen LogP contribution in [0.1, 0.15) is 43.4 Å². The lowest BCUT2D eigenvalue weighted by Crippen LogP contribution is -2.13. The summed E-state index contributed by atoms with van der Waals surface area (Å²) < 4.78 is 5.64. The molecule has 2 heteroatoms. The Kier molecular flexibility index (Phi) is 3.49. The number of rotatable bonds is 5. The molecule has 1 fully saturated rings. The van der Waals surface area contributed by atoms with Crippen molar-refractivity contribution in [1.82, 2.24) is 0 Å². The Morgan fingerprint density at radius 2 is 2.19 bits per heavy atom. The van der Waals surface area contributed by atoms with Crippen LogP contribution in [0.2, 0.25) is 0 Å². The normalized spacial score (nSPS) is 17.2. The number of ether oxygens (including phenoxy) is 1. The fourth-order valence-electron chi connectivity index (χ4n) is 2.08. The first-order chi connectivity index (χ1) is 7.70. The second kappa shape index (κ2) is 4.88. The molecule has 0 heterocycles. The number of benzene rings is 1. The van der Waals surface area contributed by atoms with Crippen molar-refractivity contribution in [3.05, 3.63) is 29.3 Å². The summed E-state index contributed by atoms with van der Waals surface area (Å²) in [6.45, 7) is 4.81. The number of aryl methyl sites for hydroxylation is 1. The van der Waals surface area contributed by atoms with E-state index in [2.05, 4.69) is 19.1 Å². The Hall–Kier alpha value is -1.02. The van der Waals surface area contributed by atoms with E-state index < -0.39 is 0 Å². The third-order valence-electron chi connectivity index (χ3n) is 3.15. The van der Waals surface area contributed by atoms with Gasteiger partial charge >= 0.3 is 0 Å². The highest BCUT2D eigenvalue weighted by Crippen LogP contribution is 2.38. The van der Waals surface area contributed by atoms with Crippen LogP contribution in [0.3, 0.4) is 0 Å². The summed E-state index contributed by atoms with van der Waals surface area (Å²) in [6.07, 6.45) is 3.80. The molecule has 0 aliphatic heterocycles. The van der Waals surface area contributed by atoms with Crippen LogP contribution in [-0.2, 0) is 0 Å². The van der Waals surface area contributed by atoms with E-state index in [1.807, 2.05) is 13.0 Å². The summed E-state index contributed by atoms with van der Waals surface area (Å²) >= 11 is 0. The van der Waals surface area contributed by atoms with E-state index in [0.717, 1.165) is 18.1 Å². The Bertz CT molecular complexity index is 358. The molecule has 1 saturated carbocycles. The topological polar surface area (TPSA) is 35.2 Å². The van der Waals surface area contributed by atoms with Crippen molar-refractivity contribution < 1.29 is 4.74 Å². The molecule has 1 aromatic carbocycles. The first kappa shape index (κ1) is 11.5. The lowest BCUT2D eigenvalue weighted by Gasteiger charge is -2.17. The largest absolute Gasteiger partial charge is 0.494 e. The van der Waals surface area contributed by atoms with Gasteiger partial charge in [0, 0.05) is 11.6 Å². The molecule has 0 amide bonds. The van der Waals surface area contributed by atoms with Gasteiger partial charge in [0.2, 0.25) is 0 Å². The summed E-state index contributed by atoms with van der Waals surface area (Å²) in [5.41, 5.74) is 8.69. The van der Waals surface area contributed by atoms with Gasteiger partial charge in [-0.3, -0.25) is 0 Å². The Morgan fingerprint density at radius 1 is 1.44 bits per heavy atom. The maximum atomic E-state index is 6.26. The minimum atomic E-state index is 0.133. The molecular weight excluding hydrogens is 198 g/mol. The van der Waals surface area contributed by atoms with Gasteiger partial charge in [-0.1, -0.05) is 30.5 Å². The number of hydrogen-bond acceptors (Lipinski definition) is 2. The molecule has 0 spiro atoms.